The summed E-state index contributed by atoms with van der Waals surface area (Å²) in [7, 11) is 0. The van der Waals surface area contributed by atoms with Crippen LogP contribution in [0.5, 0.6) is 0 Å². The fourth-order valence-corrected chi connectivity index (χ4v) is 13.9. The molecule has 4 heteroatoms. The fourth-order valence-electron chi connectivity index (χ4n) is 12.8. The van der Waals surface area contributed by atoms with Crippen molar-refractivity contribution in [1.29, 1.82) is 5.26 Å². The third-order valence-corrected chi connectivity index (χ3v) is 18.8. The van der Waals surface area contributed by atoms with E-state index in [1.165, 1.54) is 53.6 Å². The lowest BCUT2D eigenvalue weighted by Gasteiger charge is -2.33. The van der Waals surface area contributed by atoms with Gasteiger partial charge >= 0.3 is 0 Å². The molecule has 3 nitrogen and oxygen atoms in total. The van der Waals surface area contributed by atoms with E-state index in [2.05, 4.69) is 329 Å². The van der Waals surface area contributed by atoms with E-state index < -0.39 is 0 Å². The Balaban J connectivity index is 1.13. The van der Waals surface area contributed by atoms with Crippen molar-refractivity contribution in [3.8, 4) is 72.8 Å². The number of benzene rings is 11. The quantitative estimate of drug-likeness (QED) is 0.152. The molecule has 11 aromatic carbocycles. The van der Waals surface area contributed by atoms with Crippen molar-refractivity contribution in [2.75, 3.05) is 9.80 Å². The summed E-state index contributed by atoms with van der Waals surface area (Å²) in [4.78, 5) is 4.95. The Kier molecular flexibility index (Phi) is 14.1. The van der Waals surface area contributed by atoms with Crippen molar-refractivity contribution in [3.05, 3.63) is 264 Å². The summed E-state index contributed by atoms with van der Waals surface area (Å²) in [5.41, 5.74) is 25.5. The van der Waals surface area contributed by atoms with Gasteiger partial charge in [0.15, 0.2) is 0 Å². The van der Waals surface area contributed by atoms with E-state index in [9.17, 15) is 5.26 Å². The summed E-state index contributed by atoms with van der Waals surface area (Å²) in [6.07, 6.45) is 0. The second-order valence-corrected chi connectivity index (χ2v) is 28.9. The molecule has 0 fully saturated rings. The molecule has 0 radical (unpaired) electrons. The van der Waals surface area contributed by atoms with E-state index >= 15 is 0 Å². The van der Waals surface area contributed by atoms with Gasteiger partial charge < -0.3 is 9.80 Å². The number of thiophene rings is 1. The first kappa shape index (κ1) is 56.8. The van der Waals surface area contributed by atoms with Crippen LogP contribution in [-0.2, 0) is 21.7 Å². The Labute approximate surface area is 519 Å². The molecule has 87 heavy (non-hydrogen) atoms. The van der Waals surface area contributed by atoms with Crippen LogP contribution in [0.2, 0.25) is 0 Å². The minimum absolute atomic E-state index is 0.0255. The van der Waals surface area contributed by atoms with Crippen LogP contribution in [0.3, 0.4) is 0 Å². The summed E-state index contributed by atoms with van der Waals surface area (Å²) < 4.78 is 2.41. The van der Waals surface area contributed by atoms with E-state index in [0.29, 0.717) is 5.56 Å². The standard InChI is InChI=1S/C83H75N3S/c1-80(2,3)58-32-28-54(29-33-58)56-19-17-21-64(48-56)85(62-40-36-60(37-41-62)82(7,8)9)66-44-46-69-73(50-66)68-24-14-13-23-67(68)72-47-53(52-84)27-45-70(72)79-77(69)74(51-76-78(79)71-25-15-16-26-75(71)87-76)86(63-42-38-61(39-43-63)83(10,11)12)65-22-18-20-57(49-65)55-30-34-59(35-31-55)81(4,5)6/h13-51H,1-12H3. The van der Waals surface area contributed by atoms with Crippen molar-refractivity contribution >= 4 is 65.6 Å². The first-order valence-corrected chi connectivity index (χ1v) is 31.4. The lowest BCUT2D eigenvalue weighted by atomic mass is 9.78. The zero-order valence-corrected chi connectivity index (χ0v) is 53.1. The van der Waals surface area contributed by atoms with E-state index in [1.54, 1.807) is 0 Å². The highest BCUT2D eigenvalue weighted by Gasteiger charge is 2.32. The molecule has 0 saturated heterocycles. The Bertz CT molecular complexity index is 4640. The zero-order valence-electron chi connectivity index (χ0n) is 52.3. The van der Waals surface area contributed by atoms with Crippen LogP contribution in [0.4, 0.5) is 34.1 Å². The molecule has 0 amide bonds. The van der Waals surface area contributed by atoms with E-state index in [4.69, 9.17) is 0 Å². The zero-order chi connectivity index (χ0) is 60.7. The van der Waals surface area contributed by atoms with Crippen LogP contribution < -0.4 is 9.80 Å². The number of hydrogen-bond donors (Lipinski definition) is 0. The molecule has 1 aromatic heterocycles. The molecule has 1 aliphatic carbocycles. The summed E-state index contributed by atoms with van der Waals surface area (Å²) in [5.74, 6) is 0. The topological polar surface area (TPSA) is 30.3 Å². The normalized spacial score (nSPS) is 12.4. The maximum absolute atomic E-state index is 10.8. The molecule has 0 saturated carbocycles. The number of nitrogens with zero attached hydrogens (tertiary/aromatic N) is 3. The first-order valence-electron chi connectivity index (χ1n) is 30.6. The second-order valence-electron chi connectivity index (χ2n) is 27.8. The molecule has 0 unspecified atom stereocenters. The average Bonchev–Trinajstić information content (AvgIpc) is 1.71. The van der Waals surface area contributed by atoms with Crippen molar-refractivity contribution < 1.29 is 0 Å². The summed E-state index contributed by atoms with van der Waals surface area (Å²) in [6.45, 7) is 27.3. The van der Waals surface area contributed by atoms with Gasteiger partial charge in [0, 0.05) is 59.7 Å². The predicted molar refractivity (Wildman–Crippen MR) is 374 cm³/mol. The maximum atomic E-state index is 10.8. The predicted octanol–water partition coefficient (Wildman–Crippen LogP) is 24.4. The Morgan fingerprint density at radius 1 is 0.310 bits per heavy atom. The molecule has 428 valence electrons. The van der Waals surface area contributed by atoms with Gasteiger partial charge in [0.25, 0.3) is 0 Å². The molecule has 0 atom stereocenters. The van der Waals surface area contributed by atoms with Gasteiger partial charge in [-0.1, -0.05) is 235 Å². The maximum Gasteiger partial charge on any atom is 0.0991 e. The highest BCUT2D eigenvalue weighted by Crippen LogP contribution is 2.58. The Hall–Kier alpha value is -9.27. The summed E-state index contributed by atoms with van der Waals surface area (Å²) in [6, 6.07) is 91.1. The van der Waals surface area contributed by atoms with Gasteiger partial charge in [-0.25, -0.2) is 0 Å². The van der Waals surface area contributed by atoms with Gasteiger partial charge in [0.1, 0.15) is 0 Å². The fraction of sp³-hybridized carbons (Fsp3) is 0.193. The van der Waals surface area contributed by atoms with Crippen LogP contribution >= 0.6 is 11.3 Å². The molecule has 1 aliphatic rings. The van der Waals surface area contributed by atoms with Gasteiger partial charge in [-0.2, -0.15) is 5.26 Å². The van der Waals surface area contributed by atoms with Gasteiger partial charge in [0.2, 0.25) is 0 Å². The number of hydrogen-bond acceptors (Lipinski definition) is 4. The minimum atomic E-state index is -0.0502. The van der Waals surface area contributed by atoms with Crippen LogP contribution in [0, 0.1) is 11.3 Å². The Morgan fingerprint density at radius 2 is 0.736 bits per heavy atom. The van der Waals surface area contributed by atoms with Crippen molar-refractivity contribution in [1.82, 2.24) is 0 Å². The third-order valence-electron chi connectivity index (χ3n) is 17.7. The molecule has 0 bridgehead atoms. The lowest BCUT2D eigenvalue weighted by molar-refractivity contribution is 0.590. The van der Waals surface area contributed by atoms with Gasteiger partial charge in [-0.3, -0.25) is 0 Å². The number of rotatable bonds is 8. The van der Waals surface area contributed by atoms with E-state index in [0.717, 1.165) is 89.8 Å². The smallest absolute Gasteiger partial charge is 0.0991 e. The summed E-state index contributed by atoms with van der Waals surface area (Å²) >= 11 is 1.85. The number of anilines is 6. The highest BCUT2D eigenvalue weighted by atomic mass is 32.1. The number of fused-ring (bicyclic) bond motifs is 12. The van der Waals surface area contributed by atoms with Crippen LogP contribution in [0.1, 0.15) is 111 Å². The van der Waals surface area contributed by atoms with E-state index in [-0.39, 0.29) is 21.7 Å². The van der Waals surface area contributed by atoms with Crippen molar-refractivity contribution in [3.63, 3.8) is 0 Å². The molecule has 0 spiro atoms. The largest absolute Gasteiger partial charge is 0.310 e. The first-order chi connectivity index (χ1) is 41.6. The van der Waals surface area contributed by atoms with Gasteiger partial charge in [-0.15, -0.1) is 11.3 Å². The molecule has 12 aromatic rings. The van der Waals surface area contributed by atoms with Gasteiger partial charge in [-0.05, 0) is 184 Å². The van der Waals surface area contributed by atoms with Crippen LogP contribution in [0.15, 0.2) is 237 Å². The molecule has 13 rings (SSSR count). The number of nitriles is 1. The average molecular weight is 1150 g/mol. The molecule has 1 heterocycles. The molecule has 0 aliphatic heterocycles. The van der Waals surface area contributed by atoms with Crippen LogP contribution in [-0.4, -0.2) is 0 Å². The highest BCUT2D eigenvalue weighted by molar-refractivity contribution is 7.26. The van der Waals surface area contributed by atoms with Crippen molar-refractivity contribution in [2.24, 2.45) is 0 Å². The molecular weight excluding hydrogens is 1070 g/mol. The second kappa shape index (κ2) is 21.6. The van der Waals surface area contributed by atoms with Crippen molar-refractivity contribution in [2.45, 2.75) is 105 Å². The third kappa shape index (κ3) is 10.6. The molecular formula is C83H75N3S. The SMILES string of the molecule is CC(C)(C)c1ccc(-c2cccc(N(c3ccc(C(C)(C)C)cc3)c3ccc4c(c3)-c3ccccc3-c3cc(C#N)ccc3-c3c-4c(N(c4ccc(C(C)(C)C)cc4)c4cccc(-c5ccc(C(C)(C)C)cc5)c4)cc4sc5ccccc5c34)c2)cc1. The Morgan fingerprint density at radius 3 is 1.25 bits per heavy atom. The van der Waals surface area contributed by atoms with Gasteiger partial charge in [0.05, 0.1) is 17.3 Å². The summed E-state index contributed by atoms with van der Waals surface area (Å²) in [5, 5.41) is 13.2. The van der Waals surface area contributed by atoms with Crippen LogP contribution in [0.25, 0.3) is 86.9 Å². The molecule has 0 N–H and O–H groups in total. The lowest BCUT2D eigenvalue weighted by Crippen LogP contribution is -2.15. The minimum Gasteiger partial charge on any atom is -0.310 e. The monoisotopic (exact) mass is 1150 g/mol. The van der Waals surface area contributed by atoms with E-state index in [1.807, 2.05) is 17.4 Å².